The molecule has 0 saturated carbocycles. The van der Waals surface area contributed by atoms with Crippen molar-refractivity contribution < 1.29 is 23.8 Å². The number of fused-ring (bicyclic) bond motifs is 3. The molecule has 6 heteroatoms. The van der Waals surface area contributed by atoms with Crippen molar-refractivity contribution in [3.8, 4) is 5.75 Å². The minimum atomic E-state index is -0.625. The standard InChI is InChI=1S/C26H32FNO4/c1-5-15(10-16-6-8-21(29)20(27)11-16)7-9-22-23-17(14(2)3)12-18-24(19(23)13-32-22)26(31)28(4)25(18)30/h6,8,10-11,14,18-19,22,24,29H,5,7,9,12-13H2,1-4H3/b15-10+/t18-,19+,22-,24-/m1/s1. The highest BCUT2D eigenvalue weighted by atomic mass is 19.1. The Bertz CT molecular complexity index is 996. The molecule has 1 N–H and O–H groups in total. The number of halogens is 1. The van der Waals surface area contributed by atoms with Gasteiger partial charge in [0.25, 0.3) is 0 Å². The summed E-state index contributed by atoms with van der Waals surface area (Å²) in [5.74, 6) is -1.37. The molecule has 4 atom stereocenters. The number of amides is 2. The maximum Gasteiger partial charge on any atom is 0.233 e. The SMILES string of the molecule is CC/C(=C\c1ccc(O)c(F)c1)CC[C@H]1OC[C@H]2C1=C(C(C)C)C[C@H]1C(=O)N(C)C(=O)[C@H]12. The van der Waals surface area contributed by atoms with E-state index in [9.17, 15) is 19.1 Å². The van der Waals surface area contributed by atoms with E-state index in [1.165, 1.54) is 33.8 Å². The number of nitrogens with zero attached hydrogens (tertiary/aromatic N) is 1. The smallest absolute Gasteiger partial charge is 0.233 e. The van der Waals surface area contributed by atoms with Gasteiger partial charge in [0.15, 0.2) is 11.6 Å². The first-order valence-corrected chi connectivity index (χ1v) is 11.6. The zero-order chi connectivity index (χ0) is 23.2. The number of imide groups is 1. The molecule has 2 amide bonds. The Hall–Kier alpha value is -2.47. The van der Waals surface area contributed by atoms with Gasteiger partial charge in [-0.3, -0.25) is 14.5 Å². The topological polar surface area (TPSA) is 66.8 Å². The van der Waals surface area contributed by atoms with Crippen molar-refractivity contribution in [3.63, 3.8) is 0 Å². The lowest BCUT2D eigenvalue weighted by molar-refractivity contribution is -0.138. The first-order chi connectivity index (χ1) is 15.2. The van der Waals surface area contributed by atoms with E-state index in [1.54, 1.807) is 13.1 Å². The highest BCUT2D eigenvalue weighted by Crippen LogP contribution is 2.51. The number of phenols is 1. The fourth-order valence-electron chi connectivity index (χ4n) is 5.63. The lowest BCUT2D eigenvalue weighted by Gasteiger charge is -2.33. The fourth-order valence-corrected chi connectivity index (χ4v) is 5.63. The molecule has 0 radical (unpaired) electrons. The Morgan fingerprint density at radius 1 is 1.28 bits per heavy atom. The number of aromatic hydroxyl groups is 1. The summed E-state index contributed by atoms with van der Waals surface area (Å²) in [6.07, 6.45) is 4.98. The van der Waals surface area contributed by atoms with E-state index in [1.807, 2.05) is 6.08 Å². The molecule has 1 aromatic rings. The largest absolute Gasteiger partial charge is 0.505 e. The number of hydrogen-bond donors (Lipinski definition) is 1. The van der Waals surface area contributed by atoms with Gasteiger partial charge in [-0.1, -0.05) is 44.1 Å². The second kappa shape index (κ2) is 8.81. The molecule has 1 aromatic carbocycles. The van der Waals surface area contributed by atoms with Gasteiger partial charge in [0.05, 0.1) is 24.5 Å². The van der Waals surface area contributed by atoms with Crippen LogP contribution in [0, 0.1) is 29.5 Å². The third-order valence-electron chi connectivity index (χ3n) is 7.39. The van der Waals surface area contributed by atoms with Gasteiger partial charge in [-0.15, -0.1) is 0 Å². The Kier molecular flexibility index (Phi) is 6.26. The summed E-state index contributed by atoms with van der Waals surface area (Å²) in [4.78, 5) is 26.8. The molecule has 0 bridgehead atoms. The van der Waals surface area contributed by atoms with E-state index >= 15 is 0 Å². The monoisotopic (exact) mass is 441 g/mol. The van der Waals surface area contributed by atoms with E-state index in [2.05, 4.69) is 20.8 Å². The molecule has 0 spiro atoms. The normalized spacial score (nSPS) is 28.1. The van der Waals surface area contributed by atoms with Gasteiger partial charge in [-0.2, -0.15) is 0 Å². The summed E-state index contributed by atoms with van der Waals surface area (Å²) >= 11 is 0. The number of allylic oxidation sites excluding steroid dienone is 2. The van der Waals surface area contributed by atoms with Gasteiger partial charge < -0.3 is 9.84 Å². The molecule has 4 rings (SSSR count). The number of hydrogen-bond acceptors (Lipinski definition) is 4. The maximum absolute atomic E-state index is 13.7. The van der Waals surface area contributed by atoms with Crippen LogP contribution in [0.2, 0.25) is 0 Å². The Morgan fingerprint density at radius 2 is 2.03 bits per heavy atom. The van der Waals surface area contributed by atoms with Crippen molar-refractivity contribution in [3.05, 3.63) is 46.3 Å². The first-order valence-electron chi connectivity index (χ1n) is 11.6. The molecule has 2 fully saturated rings. The predicted molar refractivity (Wildman–Crippen MR) is 120 cm³/mol. The minimum Gasteiger partial charge on any atom is -0.505 e. The second-order valence-electron chi connectivity index (χ2n) is 9.54. The Labute approximate surface area is 188 Å². The average molecular weight is 442 g/mol. The van der Waals surface area contributed by atoms with E-state index in [0.717, 1.165) is 24.8 Å². The second-order valence-corrected chi connectivity index (χ2v) is 9.54. The lowest BCUT2D eigenvalue weighted by atomic mass is 9.67. The van der Waals surface area contributed by atoms with Crippen molar-refractivity contribution >= 4 is 17.9 Å². The van der Waals surface area contributed by atoms with Gasteiger partial charge >= 0.3 is 0 Å². The zero-order valence-electron chi connectivity index (χ0n) is 19.2. The highest BCUT2D eigenvalue weighted by molar-refractivity contribution is 6.05. The average Bonchev–Trinajstić information content (AvgIpc) is 3.28. The molecule has 32 heavy (non-hydrogen) atoms. The highest BCUT2D eigenvalue weighted by Gasteiger charge is 2.56. The first kappa shape index (κ1) is 22.7. The minimum absolute atomic E-state index is 0.0159. The Morgan fingerprint density at radius 3 is 2.69 bits per heavy atom. The van der Waals surface area contributed by atoms with Crippen LogP contribution in [0.1, 0.15) is 52.0 Å². The third-order valence-corrected chi connectivity index (χ3v) is 7.39. The molecule has 2 saturated heterocycles. The zero-order valence-corrected chi connectivity index (χ0v) is 19.2. The van der Waals surface area contributed by atoms with Crippen LogP contribution in [0.5, 0.6) is 5.75 Å². The molecule has 0 aromatic heterocycles. The van der Waals surface area contributed by atoms with Gasteiger partial charge in [-0.05, 0) is 54.9 Å². The van der Waals surface area contributed by atoms with E-state index < -0.39 is 5.82 Å². The van der Waals surface area contributed by atoms with Crippen LogP contribution >= 0.6 is 0 Å². The number of phenolic OH excluding ortho intramolecular Hbond substituents is 1. The van der Waals surface area contributed by atoms with Crippen LogP contribution in [0.15, 0.2) is 34.9 Å². The maximum atomic E-state index is 13.7. The van der Waals surface area contributed by atoms with E-state index in [-0.39, 0.29) is 41.4 Å². The van der Waals surface area contributed by atoms with Crippen LogP contribution in [0.4, 0.5) is 4.39 Å². The van der Waals surface area contributed by atoms with Crippen molar-refractivity contribution in [2.45, 2.75) is 52.6 Å². The molecule has 2 heterocycles. The van der Waals surface area contributed by atoms with Gasteiger partial charge in [0, 0.05) is 13.0 Å². The molecular weight excluding hydrogens is 409 g/mol. The molecular formula is C26H32FNO4. The van der Waals surface area contributed by atoms with Crippen LogP contribution in [0.3, 0.4) is 0 Å². The number of ether oxygens (including phenoxy) is 1. The number of likely N-dealkylation sites (tertiary alicyclic amines) is 1. The summed E-state index contributed by atoms with van der Waals surface area (Å²) in [7, 11) is 1.59. The van der Waals surface area contributed by atoms with Crippen molar-refractivity contribution in [2.24, 2.45) is 23.7 Å². The number of carbonyl (C=O) groups is 2. The summed E-state index contributed by atoms with van der Waals surface area (Å²) in [5.41, 5.74) is 4.42. The lowest BCUT2D eigenvalue weighted by Crippen LogP contribution is -2.34. The molecule has 1 aliphatic carbocycles. The fraction of sp³-hybridized carbons (Fsp3) is 0.538. The summed E-state index contributed by atoms with van der Waals surface area (Å²) in [6.45, 7) is 6.86. The van der Waals surface area contributed by atoms with Gasteiger partial charge in [-0.25, -0.2) is 4.39 Å². The predicted octanol–water partition coefficient (Wildman–Crippen LogP) is 4.71. The summed E-state index contributed by atoms with van der Waals surface area (Å²) in [6, 6.07) is 4.41. The van der Waals surface area contributed by atoms with E-state index in [4.69, 9.17) is 4.74 Å². The molecule has 172 valence electrons. The van der Waals surface area contributed by atoms with Crippen molar-refractivity contribution in [1.82, 2.24) is 4.90 Å². The third kappa shape index (κ3) is 3.90. The van der Waals surface area contributed by atoms with Crippen molar-refractivity contribution in [2.75, 3.05) is 13.7 Å². The number of benzene rings is 1. The Balaban J connectivity index is 1.56. The summed E-state index contributed by atoms with van der Waals surface area (Å²) in [5, 5.41) is 9.41. The number of rotatable bonds is 6. The quantitative estimate of drug-likeness (QED) is 0.513. The van der Waals surface area contributed by atoms with Crippen molar-refractivity contribution in [1.29, 1.82) is 0 Å². The molecule has 2 aliphatic heterocycles. The summed E-state index contributed by atoms with van der Waals surface area (Å²) < 4.78 is 19.9. The molecule has 5 nitrogen and oxygen atoms in total. The van der Waals surface area contributed by atoms with Gasteiger partial charge in [0.1, 0.15) is 0 Å². The van der Waals surface area contributed by atoms with Gasteiger partial charge in [0.2, 0.25) is 11.8 Å². The van der Waals surface area contributed by atoms with E-state index in [0.29, 0.717) is 18.9 Å². The van der Waals surface area contributed by atoms with Crippen LogP contribution in [-0.2, 0) is 14.3 Å². The molecule has 3 aliphatic rings. The number of carbonyl (C=O) groups excluding carboxylic acids is 2. The van der Waals surface area contributed by atoms with Crippen LogP contribution < -0.4 is 0 Å². The molecule has 0 unspecified atom stereocenters. The van der Waals surface area contributed by atoms with Crippen LogP contribution in [-0.4, -0.2) is 41.6 Å². The van der Waals surface area contributed by atoms with Crippen LogP contribution in [0.25, 0.3) is 6.08 Å².